The van der Waals surface area contributed by atoms with Gasteiger partial charge in [-0.25, -0.2) is 9.78 Å². The Bertz CT molecular complexity index is 437. The Balaban J connectivity index is 1.96. The first-order valence-electron chi connectivity index (χ1n) is 5.40. The Kier molecular flexibility index (Phi) is 3.61. The maximum absolute atomic E-state index is 12.8. The summed E-state index contributed by atoms with van der Waals surface area (Å²) in [5.41, 5.74) is 0.471. The summed E-state index contributed by atoms with van der Waals surface area (Å²) in [6.45, 7) is 0.762. The fourth-order valence-electron chi connectivity index (χ4n) is 1.49. The van der Waals surface area contributed by atoms with Crippen LogP contribution in [0.25, 0.3) is 0 Å². The molecule has 0 aliphatic heterocycles. The lowest BCUT2D eigenvalue weighted by molar-refractivity contribution is 0.220. The van der Waals surface area contributed by atoms with E-state index in [1.165, 1.54) is 25.0 Å². The van der Waals surface area contributed by atoms with Crippen LogP contribution in [-0.4, -0.2) is 29.5 Å². The van der Waals surface area contributed by atoms with Gasteiger partial charge in [0.15, 0.2) is 0 Å². The topological polar surface area (TPSA) is 45.2 Å². The van der Waals surface area contributed by atoms with Gasteiger partial charge in [-0.1, -0.05) is 0 Å². The molecule has 0 saturated heterocycles. The molecular weight excluding hydrogens is 289 g/mol. The van der Waals surface area contributed by atoms with Crippen molar-refractivity contribution in [3.05, 3.63) is 22.7 Å². The predicted molar refractivity (Wildman–Crippen MR) is 66.3 cm³/mol. The molecule has 0 bridgehead atoms. The molecule has 2 rings (SSSR count). The zero-order chi connectivity index (χ0) is 12.4. The van der Waals surface area contributed by atoms with E-state index in [-0.39, 0.29) is 6.03 Å². The molecule has 1 aromatic heterocycles. The number of hydrogen-bond acceptors (Lipinski definition) is 2. The molecule has 92 valence electrons. The quantitative estimate of drug-likeness (QED) is 0.873. The van der Waals surface area contributed by atoms with Crippen molar-refractivity contribution in [2.24, 2.45) is 5.92 Å². The molecule has 0 aromatic carbocycles. The summed E-state index contributed by atoms with van der Waals surface area (Å²) < 4.78 is 13.1. The van der Waals surface area contributed by atoms with E-state index in [2.05, 4.69) is 26.2 Å². The van der Waals surface area contributed by atoms with Crippen LogP contribution in [0.5, 0.6) is 0 Å². The average Bonchev–Trinajstić information content (AvgIpc) is 3.06. The highest BCUT2D eigenvalue weighted by Crippen LogP contribution is 2.29. The number of hydrogen-bond donors (Lipinski definition) is 1. The minimum Gasteiger partial charge on any atom is -0.327 e. The van der Waals surface area contributed by atoms with Crippen molar-refractivity contribution in [3.63, 3.8) is 0 Å². The van der Waals surface area contributed by atoms with Gasteiger partial charge in [-0.2, -0.15) is 4.39 Å². The number of carbonyl (C=O) groups excluding carboxylic acids is 1. The lowest BCUT2D eigenvalue weighted by Gasteiger charge is -2.17. The van der Waals surface area contributed by atoms with Crippen molar-refractivity contribution in [2.45, 2.75) is 12.8 Å². The van der Waals surface area contributed by atoms with Crippen molar-refractivity contribution < 1.29 is 9.18 Å². The zero-order valence-corrected chi connectivity index (χ0v) is 11.0. The molecule has 4 nitrogen and oxygen atoms in total. The van der Waals surface area contributed by atoms with Gasteiger partial charge in [0.25, 0.3) is 0 Å². The SMILES string of the molecule is CN(CC1CC1)C(=O)Nc1ccc(F)nc1Br. The third-order valence-corrected chi connectivity index (χ3v) is 3.24. The largest absolute Gasteiger partial charge is 0.327 e. The van der Waals surface area contributed by atoms with E-state index in [9.17, 15) is 9.18 Å². The number of urea groups is 1. The highest BCUT2D eigenvalue weighted by atomic mass is 79.9. The molecule has 1 aliphatic rings. The first-order chi connectivity index (χ1) is 8.06. The number of nitrogens with one attached hydrogen (secondary N) is 1. The maximum atomic E-state index is 12.8. The maximum Gasteiger partial charge on any atom is 0.321 e. The van der Waals surface area contributed by atoms with E-state index >= 15 is 0 Å². The number of anilines is 1. The molecule has 0 unspecified atom stereocenters. The fourth-order valence-corrected chi connectivity index (χ4v) is 1.89. The van der Waals surface area contributed by atoms with Gasteiger partial charge in [0.2, 0.25) is 5.95 Å². The Hall–Kier alpha value is -1.17. The third kappa shape index (κ3) is 3.39. The number of amides is 2. The molecule has 1 aliphatic carbocycles. The van der Waals surface area contributed by atoms with E-state index in [0.717, 1.165) is 6.54 Å². The monoisotopic (exact) mass is 301 g/mol. The van der Waals surface area contributed by atoms with E-state index < -0.39 is 5.95 Å². The number of carbonyl (C=O) groups is 1. The normalized spacial score (nSPS) is 14.5. The Morgan fingerprint density at radius 3 is 2.94 bits per heavy atom. The Morgan fingerprint density at radius 2 is 2.35 bits per heavy atom. The van der Waals surface area contributed by atoms with Crippen LogP contribution in [0, 0.1) is 11.9 Å². The molecule has 0 atom stereocenters. The van der Waals surface area contributed by atoms with Gasteiger partial charge >= 0.3 is 6.03 Å². The molecule has 2 amide bonds. The number of rotatable bonds is 3. The van der Waals surface area contributed by atoms with Crippen LogP contribution in [0.1, 0.15) is 12.8 Å². The van der Waals surface area contributed by atoms with E-state index in [1.807, 2.05) is 0 Å². The van der Waals surface area contributed by atoms with Gasteiger partial charge in [-0.3, -0.25) is 0 Å². The lowest BCUT2D eigenvalue weighted by atomic mass is 10.4. The second-order valence-electron chi connectivity index (χ2n) is 4.23. The summed E-state index contributed by atoms with van der Waals surface area (Å²) in [4.78, 5) is 17.0. The van der Waals surface area contributed by atoms with Crippen LogP contribution < -0.4 is 5.32 Å². The molecule has 1 heterocycles. The standard InChI is InChI=1S/C11H13BrFN3O/c1-16(6-7-2-3-7)11(17)14-8-4-5-9(13)15-10(8)12/h4-5,7H,2-3,6H2,1H3,(H,14,17). The van der Waals surface area contributed by atoms with Crippen LogP contribution in [0.2, 0.25) is 0 Å². The van der Waals surface area contributed by atoms with Gasteiger partial charge in [-0.15, -0.1) is 0 Å². The van der Waals surface area contributed by atoms with Gasteiger partial charge in [0.05, 0.1) is 5.69 Å². The highest BCUT2D eigenvalue weighted by molar-refractivity contribution is 9.10. The minimum absolute atomic E-state index is 0.203. The van der Waals surface area contributed by atoms with Crippen molar-refractivity contribution >= 4 is 27.6 Å². The Morgan fingerprint density at radius 1 is 1.65 bits per heavy atom. The number of halogens is 2. The first kappa shape index (κ1) is 12.3. The van der Waals surface area contributed by atoms with Crippen molar-refractivity contribution in [1.82, 2.24) is 9.88 Å². The van der Waals surface area contributed by atoms with Crippen LogP contribution in [0.4, 0.5) is 14.9 Å². The fraction of sp³-hybridized carbons (Fsp3) is 0.455. The van der Waals surface area contributed by atoms with Crippen molar-refractivity contribution in [2.75, 3.05) is 18.9 Å². The summed E-state index contributed by atoms with van der Waals surface area (Å²) in [6.07, 6.45) is 2.39. The lowest BCUT2D eigenvalue weighted by Crippen LogP contribution is -2.33. The van der Waals surface area contributed by atoms with Crippen molar-refractivity contribution in [1.29, 1.82) is 0 Å². The number of nitrogens with zero attached hydrogens (tertiary/aromatic N) is 2. The van der Waals surface area contributed by atoms with Crippen molar-refractivity contribution in [3.8, 4) is 0 Å². The third-order valence-electron chi connectivity index (χ3n) is 2.63. The molecule has 1 N–H and O–H groups in total. The summed E-state index contributed by atoms with van der Waals surface area (Å²) in [5.74, 6) is 0.0572. The molecule has 17 heavy (non-hydrogen) atoms. The highest BCUT2D eigenvalue weighted by Gasteiger charge is 2.25. The molecule has 1 saturated carbocycles. The molecule has 6 heteroatoms. The summed E-state index contributed by atoms with van der Waals surface area (Å²) in [6, 6.07) is 2.49. The van der Waals surface area contributed by atoms with Gasteiger partial charge in [0.1, 0.15) is 4.60 Å². The molecule has 0 radical (unpaired) electrons. The summed E-state index contributed by atoms with van der Waals surface area (Å²) in [7, 11) is 1.75. The van der Waals surface area contributed by atoms with Crippen LogP contribution in [-0.2, 0) is 0 Å². The van der Waals surface area contributed by atoms with Gasteiger partial charge in [-0.05, 0) is 46.8 Å². The predicted octanol–water partition coefficient (Wildman–Crippen LogP) is 2.86. The van der Waals surface area contributed by atoms with E-state index in [4.69, 9.17) is 0 Å². The van der Waals surface area contributed by atoms with E-state index in [0.29, 0.717) is 16.2 Å². The van der Waals surface area contributed by atoms with Crippen LogP contribution in [0.3, 0.4) is 0 Å². The van der Waals surface area contributed by atoms with Gasteiger partial charge < -0.3 is 10.2 Å². The second-order valence-corrected chi connectivity index (χ2v) is 4.98. The number of pyridine rings is 1. The molecular formula is C11H13BrFN3O. The average molecular weight is 302 g/mol. The van der Waals surface area contributed by atoms with Crippen LogP contribution >= 0.6 is 15.9 Å². The Labute approximate surface area is 107 Å². The molecule has 1 fully saturated rings. The molecule has 0 spiro atoms. The molecule has 1 aromatic rings. The smallest absolute Gasteiger partial charge is 0.321 e. The zero-order valence-electron chi connectivity index (χ0n) is 9.41. The summed E-state index contributed by atoms with van der Waals surface area (Å²) >= 11 is 3.10. The van der Waals surface area contributed by atoms with Gasteiger partial charge in [0, 0.05) is 13.6 Å². The second kappa shape index (κ2) is 5.00. The first-order valence-corrected chi connectivity index (χ1v) is 6.19. The van der Waals surface area contributed by atoms with E-state index in [1.54, 1.807) is 11.9 Å². The summed E-state index contributed by atoms with van der Waals surface area (Å²) in [5, 5.41) is 2.68. The minimum atomic E-state index is -0.582. The van der Waals surface area contributed by atoms with Crippen LogP contribution in [0.15, 0.2) is 16.7 Å². The number of aromatic nitrogens is 1.